The first-order chi connectivity index (χ1) is 9.93. The van der Waals surface area contributed by atoms with Gasteiger partial charge in [0.25, 0.3) is 0 Å². The number of carbonyl (C=O) groups is 1. The molecule has 0 heterocycles. The van der Waals surface area contributed by atoms with E-state index in [0.717, 1.165) is 10.5 Å². The maximum atomic E-state index is 13.8. The van der Waals surface area contributed by atoms with Crippen molar-refractivity contribution in [2.24, 2.45) is 0 Å². The molecule has 0 aliphatic heterocycles. The van der Waals surface area contributed by atoms with Gasteiger partial charge < -0.3 is 0 Å². The number of rotatable bonds is 3. The molecule has 0 fully saturated rings. The van der Waals surface area contributed by atoms with Crippen LogP contribution >= 0.6 is 15.9 Å². The summed E-state index contributed by atoms with van der Waals surface area (Å²) in [6.07, 6.45) is 0. The zero-order valence-electron chi connectivity index (χ0n) is 11.0. The molecule has 0 saturated carbocycles. The van der Waals surface area contributed by atoms with Gasteiger partial charge in [0, 0.05) is 10.5 Å². The Morgan fingerprint density at radius 1 is 1.19 bits per heavy atom. The molecule has 0 bridgehead atoms. The SMILES string of the molecule is Cc1cc(C(=O)C(C#N)c2ccc(Br)cc2)c(F)cc1F. The Morgan fingerprint density at radius 3 is 2.38 bits per heavy atom. The van der Waals surface area contributed by atoms with E-state index < -0.39 is 23.3 Å². The molecule has 0 aliphatic carbocycles. The van der Waals surface area contributed by atoms with Gasteiger partial charge in [-0.25, -0.2) is 8.78 Å². The van der Waals surface area contributed by atoms with Crippen LogP contribution in [0.1, 0.15) is 27.4 Å². The number of carbonyl (C=O) groups excluding carboxylic acids is 1. The molecule has 0 aromatic heterocycles. The number of halogens is 3. The van der Waals surface area contributed by atoms with Crippen molar-refractivity contribution in [1.29, 1.82) is 5.26 Å². The van der Waals surface area contributed by atoms with Crippen molar-refractivity contribution >= 4 is 21.7 Å². The van der Waals surface area contributed by atoms with Gasteiger partial charge in [0.2, 0.25) is 0 Å². The molecule has 2 rings (SSSR count). The lowest BCUT2D eigenvalue weighted by atomic mass is 9.91. The Hall–Kier alpha value is -2.06. The number of hydrogen-bond donors (Lipinski definition) is 0. The summed E-state index contributed by atoms with van der Waals surface area (Å²) in [5.41, 5.74) is 0.350. The van der Waals surface area contributed by atoms with Crippen LogP contribution in [-0.2, 0) is 0 Å². The molecular formula is C16H10BrF2NO. The highest BCUT2D eigenvalue weighted by molar-refractivity contribution is 9.10. The summed E-state index contributed by atoms with van der Waals surface area (Å²) in [7, 11) is 0. The lowest BCUT2D eigenvalue weighted by Gasteiger charge is -2.10. The topological polar surface area (TPSA) is 40.9 Å². The molecule has 1 unspecified atom stereocenters. The summed E-state index contributed by atoms with van der Waals surface area (Å²) in [4.78, 5) is 12.3. The monoisotopic (exact) mass is 349 g/mol. The van der Waals surface area contributed by atoms with E-state index in [2.05, 4.69) is 15.9 Å². The van der Waals surface area contributed by atoms with Gasteiger partial charge in [-0.2, -0.15) is 5.26 Å². The predicted molar refractivity (Wildman–Crippen MR) is 77.9 cm³/mol. The minimum Gasteiger partial charge on any atom is -0.292 e. The minimum atomic E-state index is -1.13. The molecular weight excluding hydrogens is 340 g/mol. The largest absolute Gasteiger partial charge is 0.292 e. The summed E-state index contributed by atoms with van der Waals surface area (Å²) >= 11 is 3.26. The summed E-state index contributed by atoms with van der Waals surface area (Å²) in [6, 6.07) is 10.3. The first-order valence-corrected chi connectivity index (χ1v) is 6.88. The highest BCUT2D eigenvalue weighted by atomic mass is 79.9. The smallest absolute Gasteiger partial charge is 0.187 e. The lowest BCUT2D eigenvalue weighted by molar-refractivity contribution is 0.0974. The molecule has 0 amide bonds. The maximum absolute atomic E-state index is 13.8. The van der Waals surface area contributed by atoms with Gasteiger partial charge >= 0.3 is 0 Å². The second-order valence-electron chi connectivity index (χ2n) is 4.56. The van der Waals surface area contributed by atoms with Crippen molar-refractivity contribution in [1.82, 2.24) is 0 Å². The van der Waals surface area contributed by atoms with E-state index in [1.807, 2.05) is 6.07 Å². The maximum Gasteiger partial charge on any atom is 0.187 e. The van der Waals surface area contributed by atoms with Gasteiger partial charge in [0.1, 0.15) is 17.6 Å². The number of nitriles is 1. The number of Topliss-reactive ketones (excluding diaryl/α,β-unsaturated/α-hetero) is 1. The molecule has 1 atom stereocenters. The van der Waals surface area contributed by atoms with Crippen molar-refractivity contribution < 1.29 is 13.6 Å². The van der Waals surface area contributed by atoms with Gasteiger partial charge in [-0.3, -0.25) is 4.79 Å². The van der Waals surface area contributed by atoms with Crippen molar-refractivity contribution in [3.8, 4) is 6.07 Å². The molecule has 5 heteroatoms. The molecule has 2 aromatic carbocycles. The second kappa shape index (κ2) is 6.15. The van der Waals surface area contributed by atoms with Gasteiger partial charge in [0.15, 0.2) is 5.78 Å². The molecule has 2 aromatic rings. The molecule has 0 aliphatic rings. The summed E-state index contributed by atoms with van der Waals surface area (Å²) in [6.45, 7) is 1.44. The van der Waals surface area contributed by atoms with Crippen LogP contribution in [0.2, 0.25) is 0 Å². The van der Waals surface area contributed by atoms with Crippen molar-refractivity contribution in [3.05, 3.63) is 69.2 Å². The number of ketones is 1. The fraction of sp³-hybridized carbons (Fsp3) is 0.125. The van der Waals surface area contributed by atoms with E-state index in [-0.39, 0.29) is 11.1 Å². The third kappa shape index (κ3) is 3.17. The Balaban J connectivity index is 2.44. The number of nitrogens with zero attached hydrogens (tertiary/aromatic N) is 1. The standard InChI is InChI=1S/C16H10BrF2NO/c1-9-6-12(15(19)7-14(9)18)16(21)13(8-20)10-2-4-11(17)5-3-10/h2-7,13H,1H3. The van der Waals surface area contributed by atoms with Gasteiger partial charge in [-0.15, -0.1) is 0 Å². The van der Waals surface area contributed by atoms with Crippen molar-refractivity contribution in [2.75, 3.05) is 0 Å². The van der Waals surface area contributed by atoms with Crippen LogP contribution in [0.15, 0.2) is 40.9 Å². The molecule has 0 saturated heterocycles. The Labute approximate surface area is 129 Å². The van der Waals surface area contributed by atoms with Crippen molar-refractivity contribution in [2.45, 2.75) is 12.8 Å². The quantitative estimate of drug-likeness (QED) is 0.764. The van der Waals surface area contributed by atoms with Crippen LogP contribution < -0.4 is 0 Å². The van der Waals surface area contributed by atoms with E-state index in [4.69, 9.17) is 0 Å². The molecule has 0 N–H and O–H groups in total. The van der Waals surface area contributed by atoms with Crippen LogP contribution in [0.25, 0.3) is 0 Å². The van der Waals surface area contributed by atoms with Gasteiger partial charge in [-0.1, -0.05) is 28.1 Å². The molecule has 21 heavy (non-hydrogen) atoms. The Morgan fingerprint density at radius 2 is 1.81 bits per heavy atom. The van der Waals surface area contributed by atoms with Crippen LogP contribution in [0.5, 0.6) is 0 Å². The third-order valence-electron chi connectivity index (χ3n) is 3.11. The Bertz CT molecular complexity index is 735. The average molecular weight is 350 g/mol. The molecule has 0 spiro atoms. The summed E-state index contributed by atoms with van der Waals surface area (Å²) < 4.78 is 27.8. The number of benzene rings is 2. The van der Waals surface area contributed by atoms with Gasteiger partial charge in [-0.05, 0) is 36.2 Å². The van der Waals surface area contributed by atoms with E-state index in [9.17, 15) is 18.8 Å². The highest BCUT2D eigenvalue weighted by Crippen LogP contribution is 2.25. The lowest BCUT2D eigenvalue weighted by Crippen LogP contribution is -2.13. The van der Waals surface area contributed by atoms with E-state index in [0.29, 0.717) is 11.6 Å². The highest BCUT2D eigenvalue weighted by Gasteiger charge is 2.25. The first kappa shape index (κ1) is 15.3. The van der Waals surface area contributed by atoms with Crippen LogP contribution in [0, 0.1) is 29.9 Å². The summed E-state index contributed by atoms with van der Waals surface area (Å²) in [5.74, 6) is -3.49. The zero-order valence-corrected chi connectivity index (χ0v) is 12.6. The third-order valence-corrected chi connectivity index (χ3v) is 3.64. The van der Waals surface area contributed by atoms with E-state index in [1.54, 1.807) is 24.3 Å². The molecule has 0 radical (unpaired) electrons. The van der Waals surface area contributed by atoms with Crippen LogP contribution in [-0.4, -0.2) is 5.78 Å². The predicted octanol–water partition coefficient (Wildman–Crippen LogP) is 4.53. The van der Waals surface area contributed by atoms with Crippen LogP contribution in [0.3, 0.4) is 0 Å². The van der Waals surface area contributed by atoms with Gasteiger partial charge in [0.05, 0.1) is 11.6 Å². The first-order valence-electron chi connectivity index (χ1n) is 6.09. The van der Waals surface area contributed by atoms with Crippen LogP contribution in [0.4, 0.5) is 8.78 Å². The minimum absolute atomic E-state index is 0.159. The number of hydrogen-bond acceptors (Lipinski definition) is 2. The normalized spacial score (nSPS) is 11.8. The molecule has 2 nitrogen and oxygen atoms in total. The summed E-state index contributed by atoms with van der Waals surface area (Å²) in [5, 5.41) is 9.22. The zero-order chi connectivity index (χ0) is 15.6. The number of aryl methyl sites for hydroxylation is 1. The molecule has 106 valence electrons. The fourth-order valence-corrected chi connectivity index (χ4v) is 2.21. The van der Waals surface area contributed by atoms with E-state index in [1.165, 1.54) is 6.92 Å². The average Bonchev–Trinajstić information content (AvgIpc) is 2.45. The van der Waals surface area contributed by atoms with Crippen molar-refractivity contribution in [3.63, 3.8) is 0 Å². The van der Waals surface area contributed by atoms with E-state index >= 15 is 0 Å². The fourth-order valence-electron chi connectivity index (χ4n) is 1.94. The second-order valence-corrected chi connectivity index (χ2v) is 5.47. The Kier molecular flexibility index (Phi) is 4.49.